The number of ether oxygens (including phenoxy) is 1. The summed E-state index contributed by atoms with van der Waals surface area (Å²) in [6.45, 7) is 5.98. The largest absolute Gasteiger partial charge is 0.496 e. The SMILES string of the molecule is COc1c(-c2ccc(C(=O)O)cc2C)ccc(C)c1C. The number of aryl methyl sites for hydroxylation is 2. The second-order valence-corrected chi connectivity index (χ2v) is 4.92. The molecule has 0 saturated heterocycles. The average molecular weight is 270 g/mol. The molecule has 3 heteroatoms. The predicted octanol–water partition coefficient (Wildman–Crippen LogP) is 3.99. The molecule has 2 aromatic rings. The Morgan fingerprint density at radius 1 is 1.00 bits per heavy atom. The molecule has 0 aromatic heterocycles. The molecule has 0 spiro atoms. The first kappa shape index (κ1) is 14.1. The molecular formula is C17H18O3. The van der Waals surface area contributed by atoms with E-state index in [1.807, 2.05) is 32.9 Å². The molecule has 0 saturated carbocycles. The van der Waals surface area contributed by atoms with Crippen LogP contribution in [-0.2, 0) is 0 Å². The topological polar surface area (TPSA) is 46.5 Å². The van der Waals surface area contributed by atoms with Crippen LogP contribution in [0.5, 0.6) is 5.75 Å². The van der Waals surface area contributed by atoms with Gasteiger partial charge in [-0.25, -0.2) is 4.79 Å². The van der Waals surface area contributed by atoms with Crippen LogP contribution in [0.25, 0.3) is 11.1 Å². The molecule has 0 bridgehead atoms. The Bertz CT molecular complexity index is 672. The number of benzene rings is 2. The van der Waals surface area contributed by atoms with Crippen LogP contribution in [0, 0.1) is 20.8 Å². The maximum absolute atomic E-state index is 11.0. The average Bonchev–Trinajstić information content (AvgIpc) is 2.41. The molecule has 0 atom stereocenters. The van der Waals surface area contributed by atoms with Gasteiger partial charge in [0.2, 0.25) is 0 Å². The molecule has 3 nitrogen and oxygen atoms in total. The van der Waals surface area contributed by atoms with Crippen LogP contribution in [-0.4, -0.2) is 18.2 Å². The molecule has 104 valence electrons. The molecule has 2 rings (SSSR count). The molecule has 0 heterocycles. The zero-order valence-electron chi connectivity index (χ0n) is 12.2. The van der Waals surface area contributed by atoms with Crippen molar-refractivity contribution >= 4 is 5.97 Å². The van der Waals surface area contributed by atoms with E-state index >= 15 is 0 Å². The van der Waals surface area contributed by atoms with Gasteiger partial charge < -0.3 is 9.84 Å². The lowest BCUT2D eigenvalue weighted by molar-refractivity contribution is 0.0697. The molecule has 0 unspecified atom stereocenters. The summed E-state index contributed by atoms with van der Waals surface area (Å²) in [5.74, 6) is -0.0668. The fourth-order valence-electron chi connectivity index (χ4n) is 2.36. The number of hydrogen-bond donors (Lipinski definition) is 1. The lowest BCUT2D eigenvalue weighted by atomic mass is 9.94. The highest BCUT2D eigenvalue weighted by Gasteiger charge is 2.13. The third-order valence-electron chi connectivity index (χ3n) is 3.64. The fraction of sp³-hybridized carbons (Fsp3) is 0.235. The monoisotopic (exact) mass is 270 g/mol. The van der Waals surface area contributed by atoms with Crippen LogP contribution in [0.4, 0.5) is 0 Å². The quantitative estimate of drug-likeness (QED) is 0.917. The molecule has 0 aliphatic heterocycles. The van der Waals surface area contributed by atoms with Crippen LogP contribution < -0.4 is 4.74 Å². The first-order chi connectivity index (χ1) is 9.45. The van der Waals surface area contributed by atoms with Gasteiger partial charge in [0.25, 0.3) is 0 Å². The number of aromatic carboxylic acids is 1. The summed E-state index contributed by atoms with van der Waals surface area (Å²) in [6, 6.07) is 9.22. The predicted molar refractivity (Wildman–Crippen MR) is 79.6 cm³/mol. The van der Waals surface area contributed by atoms with Crippen molar-refractivity contribution in [1.82, 2.24) is 0 Å². The van der Waals surface area contributed by atoms with Gasteiger partial charge in [-0.05, 0) is 55.2 Å². The fourth-order valence-corrected chi connectivity index (χ4v) is 2.36. The number of carboxylic acids is 1. The third kappa shape index (κ3) is 2.39. The Labute approximate surface area is 118 Å². The Morgan fingerprint density at radius 2 is 1.65 bits per heavy atom. The minimum Gasteiger partial charge on any atom is -0.496 e. The molecule has 0 aliphatic rings. The van der Waals surface area contributed by atoms with Gasteiger partial charge in [-0.2, -0.15) is 0 Å². The lowest BCUT2D eigenvalue weighted by Gasteiger charge is -2.15. The van der Waals surface area contributed by atoms with E-state index in [2.05, 4.69) is 6.07 Å². The normalized spacial score (nSPS) is 10.4. The Balaban J connectivity index is 2.63. The highest BCUT2D eigenvalue weighted by molar-refractivity contribution is 5.89. The minimum atomic E-state index is -0.910. The molecule has 0 radical (unpaired) electrons. The summed E-state index contributed by atoms with van der Waals surface area (Å²) in [4.78, 5) is 11.0. The number of hydrogen-bond acceptors (Lipinski definition) is 2. The van der Waals surface area contributed by atoms with E-state index in [9.17, 15) is 4.79 Å². The van der Waals surface area contributed by atoms with Crippen molar-refractivity contribution < 1.29 is 14.6 Å². The smallest absolute Gasteiger partial charge is 0.335 e. The van der Waals surface area contributed by atoms with Crippen molar-refractivity contribution in [3.05, 3.63) is 52.6 Å². The van der Waals surface area contributed by atoms with E-state index in [1.54, 1.807) is 19.2 Å². The van der Waals surface area contributed by atoms with Gasteiger partial charge in [0.15, 0.2) is 0 Å². The Morgan fingerprint density at radius 3 is 2.20 bits per heavy atom. The molecule has 20 heavy (non-hydrogen) atoms. The maximum Gasteiger partial charge on any atom is 0.335 e. The van der Waals surface area contributed by atoms with Gasteiger partial charge in [-0.3, -0.25) is 0 Å². The van der Waals surface area contributed by atoms with Gasteiger partial charge in [0, 0.05) is 5.56 Å². The summed E-state index contributed by atoms with van der Waals surface area (Å²) in [7, 11) is 1.66. The van der Waals surface area contributed by atoms with Crippen LogP contribution in [0.1, 0.15) is 27.0 Å². The highest BCUT2D eigenvalue weighted by Crippen LogP contribution is 2.36. The molecule has 0 aliphatic carbocycles. The first-order valence-corrected chi connectivity index (χ1v) is 6.44. The number of rotatable bonds is 3. The Hall–Kier alpha value is -2.29. The van der Waals surface area contributed by atoms with E-state index in [0.717, 1.165) is 28.0 Å². The summed E-state index contributed by atoms with van der Waals surface area (Å²) in [5.41, 5.74) is 5.48. The molecule has 0 amide bonds. The van der Waals surface area contributed by atoms with Crippen molar-refractivity contribution in [2.75, 3.05) is 7.11 Å². The number of carbonyl (C=O) groups is 1. The minimum absolute atomic E-state index is 0.300. The molecular weight excluding hydrogens is 252 g/mol. The second kappa shape index (κ2) is 5.37. The van der Waals surface area contributed by atoms with Crippen LogP contribution >= 0.6 is 0 Å². The van der Waals surface area contributed by atoms with E-state index in [0.29, 0.717) is 5.56 Å². The van der Waals surface area contributed by atoms with Crippen LogP contribution in [0.15, 0.2) is 30.3 Å². The van der Waals surface area contributed by atoms with Crippen molar-refractivity contribution in [3.63, 3.8) is 0 Å². The third-order valence-corrected chi connectivity index (χ3v) is 3.64. The molecule has 0 fully saturated rings. The van der Waals surface area contributed by atoms with Crippen LogP contribution in [0.2, 0.25) is 0 Å². The Kier molecular flexibility index (Phi) is 3.79. The maximum atomic E-state index is 11.0. The lowest BCUT2D eigenvalue weighted by Crippen LogP contribution is -1.99. The van der Waals surface area contributed by atoms with Gasteiger partial charge in [-0.15, -0.1) is 0 Å². The van der Waals surface area contributed by atoms with E-state index in [4.69, 9.17) is 9.84 Å². The van der Waals surface area contributed by atoms with E-state index in [-0.39, 0.29) is 0 Å². The van der Waals surface area contributed by atoms with E-state index < -0.39 is 5.97 Å². The van der Waals surface area contributed by atoms with Crippen molar-refractivity contribution in [2.24, 2.45) is 0 Å². The zero-order valence-corrected chi connectivity index (χ0v) is 12.2. The summed E-state index contributed by atoms with van der Waals surface area (Å²) in [6.07, 6.45) is 0. The number of methoxy groups -OCH3 is 1. The molecule has 2 aromatic carbocycles. The standard InChI is InChI=1S/C17H18O3/c1-10-5-7-15(16(20-4)12(10)3)14-8-6-13(17(18)19)9-11(14)2/h5-9H,1-4H3,(H,18,19). The zero-order chi connectivity index (χ0) is 14.9. The summed E-state index contributed by atoms with van der Waals surface area (Å²) in [5, 5.41) is 9.03. The van der Waals surface area contributed by atoms with Gasteiger partial charge >= 0.3 is 5.97 Å². The summed E-state index contributed by atoms with van der Waals surface area (Å²) < 4.78 is 5.53. The van der Waals surface area contributed by atoms with E-state index in [1.165, 1.54) is 5.56 Å². The van der Waals surface area contributed by atoms with Gasteiger partial charge in [0.05, 0.1) is 12.7 Å². The van der Waals surface area contributed by atoms with Crippen molar-refractivity contribution in [1.29, 1.82) is 0 Å². The summed E-state index contributed by atoms with van der Waals surface area (Å²) >= 11 is 0. The number of carboxylic acid groups (broad SMARTS) is 1. The first-order valence-electron chi connectivity index (χ1n) is 6.44. The van der Waals surface area contributed by atoms with Crippen molar-refractivity contribution in [2.45, 2.75) is 20.8 Å². The highest BCUT2D eigenvalue weighted by atomic mass is 16.5. The molecule has 1 N–H and O–H groups in total. The van der Waals surface area contributed by atoms with Gasteiger partial charge in [-0.1, -0.05) is 18.2 Å². The van der Waals surface area contributed by atoms with Gasteiger partial charge in [0.1, 0.15) is 5.75 Å². The second-order valence-electron chi connectivity index (χ2n) is 4.92. The van der Waals surface area contributed by atoms with Crippen molar-refractivity contribution in [3.8, 4) is 16.9 Å². The van der Waals surface area contributed by atoms with Crippen LogP contribution in [0.3, 0.4) is 0 Å².